The Morgan fingerprint density at radius 1 is 1.23 bits per heavy atom. The fourth-order valence-electron chi connectivity index (χ4n) is 3.67. The number of quaternary nitrogens is 1. The Morgan fingerprint density at radius 3 is 2.51 bits per heavy atom. The second-order valence-electron chi connectivity index (χ2n) is 9.45. The molecule has 0 saturated carbocycles. The zero-order valence-corrected chi connectivity index (χ0v) is 21.9. The standard InChI is InChI=1S/C27H32N4O3S/c1-18-9-10-19(2)25(30-16-8-15-28-30)22(18)13-11-20(3)26(32)29-31(33,35)23-17-21(27(4,5)6)12-14-24(23)34-7/h8-17,33,35H,3H2,1-2,4-7H3/p+1/b13-11-. The number of aromatic nitrogens is 2. The minimum Gasteiger partial charge on any atom is -0.491 e. The normalized spacial score (nSPS) is 13.5. The van der Waals surface area contributed by atoms with Gasteiger partial charge in [-0.25, -0.2) is 4.68 Å². The molecule has 1 amide bonds. The van der Waals surface area contributed by atoms with E-state index >= 15 is 0 Å². The Morgan fingerprint density at radius 2 is 1.91 bits per heavy atom. The van der Waals surface area contributed by atoms with Gasteiger partial charge in [0.2, 0.25) is 5.69 Å². The van der Waals surface area contributed by atoms with Crippen molar-refractivity contribution >= 4 is 30.5 Å². The quantitative estimate of drug-likeness (QED) is 0.131. The fourth-order valence-corrected chi connectivity index (χ4v) is 3.91. The molecule has 1 heterocycles. The van der Waals surface area contributed by atoms with Crippen molar-refractivity contribution in [2.75, 3.05) is 7.11 Å². The third-order valence-electron chi connectivity index (χ3n) is 5.75. The lowest BCUT2D eigenvalue weighted by Crippen LogP contribution is -2.52. The summed E-state index contributed by atoms with van der Waals surface area (Å²) in [4.78, 5) is 13.0. The molecule has 184 valence electrons. The number of amides is 1. The molecule has 0 fully saturated rings. The molecule has 3 rings (SSSR count). The number of thiol groups is 1. The van der Waals surface area contributed by atoms with Crippen molar-refractivity contribution < 1.29 is 14.7 Å². The number of benzene rings is 2. The Bertz CT molecular complexity index is 1270. The zero-order chi connectivity index (χ0) is 26.0. The third kappa shape index (κ3) is 5.85. The summed E-state index contributed by atoms with van der Waals surface area (Å²) in [6.45, 7) is 14.0. The van der Waals surface area contributed by atoms with Gasteiger partial charge in [-0.2, -0.15) is 10.3 Å². The van der Waals surface area contributed by atoms with Crippen LogP contribution in [0.15, 0.2) is 67.0 Å². The zero-order valence-electron chi connectivity index (χ0n) is 21.0. The molecule has 1 unspecified atom stereocenters. The summed E-state index contributed by atoms with van der Waals surface area (Å²) in [7, 11) is 1.49. The van der Waals surface area contributed by atoms with Gasteiger partial charge >= 0.3 is 0 Å². The van der Waals surface area contributed by atoms with Crippen molar-refractivity contribution in [1.82, 2.24) is 19.4 Å². The topological polar surface area (TPSA) is 76.4 Å². The summed E-state index contributed by atoms with van der Waals surface area (Å²) in [5, 5.41) is 15.4. The number of methoxy groups -OCH3 is 1. The highest BCUT2D eigenvalue weighted by Crippen LogP contribution is 2.37. The lowest BCUT2D eigenvalue weighted by molar-refractivity contribution is -0.128. The molecule has 2 aromatic carbocycles. The average molecular weight is 494 g/mol. The lowest BCUT2D eigenvalue weighted by Gasteiger charge is -2.26. The summed E-state index contributed by atoms with van der Waals surface area (Å²) < 4.78 is 6.00. The van der Waals surface area contributed by atoms with Crippen LogP contribution < -0.4 is 14.3 Å². The smallest absolute Gasteiger partial charge is 0.299 e. The van der Waals surface area contributed by atoms with Gasteiger partial charge in [-0.1, -0.05) is 51.6 Å². The average Bonchev–Trinajstić information content (AvgIpc) is 3.32. The van der Waals surface area contributed by atoms with Crippen LogP contribution >= 0.6 is 12.8 Å². The van der Waals surface area contributed by atoms with Gasteiger partial charge in [-0.05, 0) is 54.2 Å². The SMILES string of the molecule is C=C(/C=C\c1c(C)ccc(C)c1-n1cccn1)C(=O)N[N+](O)(S)c1cc(C(C)(C)C)ccc1OC. The minimum atomic E-state index is -1.19. The van der Waals surface area contributed by atoms with E-state index in [0.29, 0.717) is 5.75 Å². The van der Waals surface area contributed by atoms with Crippen LogP contribution in [0.1, 0.15) is 43.0 Å². The molecule has 0 radical (unpaired) electrons. The Labute approximate surface area is 212 Å². The molecule has 1 aromatic heterocycles. The monoisotopic (exact) mass is 493 g/mol. The van der Waals surface area contributed by atoms with Crippen molar-refractivity contribution in [3.8, 4) is 11.4 Å². The van der Waals surface area contributed by atoms with Crippen LogP contribution in [0.3, 0.4) is 0 Å². The van der Waals surface area contributed by atoms with Crippen LogP contribution in [0.25, 0.3) is 11.8 Å². The van der Waals surface area contributed by atoms with Crippen LogP contribution in [0.2, 0.25) is 0 Å². The molecule has 0 spiro atoms. The van der Waals surface area contributed by atoms with E-state index in [1.54, 1.807) is 29.1 Å². The first-order chi connectivity index (χ1) is 16.3. The summed E-state index contributed by atoms with van der Waals surface area (Å²) >= 11 is 4.31. The summed E-state index contributed by atoms with van der Waals surface area (Å²) in [6, 6.07) is 11.3. The van der Waals surface area contributed by atoms with Gasteiger partial charge in [0.25, 0.3) is 5.91 Å². The maximum atomic E-state index is 13.0. The molecule has 3 aromatic rings. The van der Waals surface area contributed by atoms with E-state index in [9.17, 15) is 10.0 Å². The molecule has 7 nitrogen and oxygen atoms in total. The predicted octanol–water partition coefficient (Wildman–Crippen LogP) is 5.64. The molecule has 0 aliphatic carbocycles. The van der Waals surface area contributed by atoms with Crippen molar-refractivity contribution in [2.24, 2.45) is 0 Å². The summed E-state index contributed by atoms with van der Waals surface area (Å²) in [5.41, 5.74) is 7.61. The second kappa shape index (κ2) is 10.1. The van der Waals surface area contributed by atoms with Crippen molar-refractivity contribution in [3.63, 3.8) is 0 Å². The Balaban J connectivity index is 1.88. The lowest BCUT2D eigenvalue weighted by atomic mass is 9.87. The molecule has 0 aliphatic heterocycles. The molecule has 8 heteroatoms. The van der Waals surface area contributed by atoms with Gasteiger partial charge in [0, 0.05) is 33.8 Å². The molecule has 0 saturated heterocycles. The van der Waals surface area contributed by atoms with Crippen molar-refractivity contribution in [2.45, 2.75) is 40.0 Å². The number of ether oxygens (including phenoxy) is 1. The van der Waals surface area contributed by atoms with E-state index in [0.717, 1.165) is 27.9 Å². The molecule has 2 N–H and O–H groups in total. The Kier molecular flexibility index (Phi) is 7.59. The van der Waals surface area contributed by atoms with Gasteiger partial charge in [0.05, 0.1) is 12.8 Å². The summed E-state index contributed by atoms with van der Waals surface area (Å²) in [5.74, 6) is -0.205. The van der Waals surface area contributed by atoms with E-state index in [1.165, 1.54) is 7.11 Å². The predicted molar refractivity (Wildman–Crippen MR) is 144 cm³/mol. The van der Waals surface area contributed by atoms with Crippen LogP contribution in [0.5, 0.6) is 5.75 Å². The minimum absolute atomic E-state index is 0.147. The van der Waals surface area contributed by atoms with Gasteiger partial charge < -0.3 is 4.74 Å². The van der Waals surface area contributed by atoms with Crippen LogP contribution in [0, 0.1) is 13.8 Å². The number of carbonyl (C=O) groups excluding carboxylic acids is 1. The van der Waals surface area contributed by atoms with Crippen LogP contribution in [-0.4, -0.2) is 28.0 Å². The van der Waals surface area contributed by atoms with E-state index < -0.39 is 10.1 Å². The van der Waals surface area contributed by atoms with Crippen LogP contribution in [0.4, 0.5) is 5.69 Å². The summed E-state index contributed by atoms with van der Waals surface area (Å²) in [6.07, 6.45) is 7.03. The maximum Gasteiger partial charge on any atom is 0.299 e. The fraction of sp³-hybridized carbons (Fsp3) is 0.259. The number of hydrogen-bond acceptors (Lipinski definition) is 5. The van der Waals surface area contributed by atoms with E-state index in [-0.39, 0.29) is 16.7 Å². The number of rotatable bonds is 7. The largest absolute Gasteiger partial charge is 0.491 e. The molecule has 35 heavy (non-hydrogen) atoms. The number of hydrogen-bond donors (Lipinski definition) is 3. The number of nitrogens with one attached hydrogen (secondary N) is 1. The van der Waals surface area contributed by atoms with Crippen molar-refractivity contribution in [1.29, 1.82) is 0 Å². The highest BCUT2D eigenvalue weighted by atomic mass is 32.1. The van der Waals surface area contributed by atoms with Crippen molar-refractivity contribution in [3.05, 3.63) is 89.3 Å². The van der Waals surface area contributed by atoms with Crippen LogP contribution in [-0.2, 0) is 10.2 Å². The van der Waals surface area contributed by atoms with Gasteiger partial charge in [0.15, 0.2) is 5.75 Å². The maximum absolute atomic E-state index is 13.0. The third-order valence-corrected chi connectivity index (χ3v) is 6.07. The highest BCUT2D eigenvalue weighted by Gasteiger charge is 2.34. The van der Waals surface area contributed by atoms with Gasteiger partial charge in [-0.3, -0.25) is 4.79 Å². The number of nitrogens with zero attached hydrogens (tertiary/aromatic N) is 3. The number of aryl methyl sites for hydroxylation is 2. The van der Waals surface area contributed by atoms with E-state index in [1.807, 2.05) is 50.4 Å². The first kappa shape index (κ1) is 26.3. The van der Waals surface area contributed by atoms with Gasteiger partial charge in [-0.15, -0.1) is 5.43 Å². The van der Waals surface area contributed by atoms with E-state index in [4.69, 9.17) is 4.74 Å². The second-order valence-corrected chi connectivity index (χ2v) is 10.0. The first-order valence-electron chi connectivity index (χ1n) is 11.2. The molecular weight excluding hydrogens is 460 g/mol. The van der Waals surface area contributed by atoms with E-state index in [2.05, 4.69) is 50.7 Å². The highest BCUT2D eigenvalue weighted by molar-refractivity contribution is 7.79. The molecule has 1 atom stereocenters. The molecular formula is C27H33N4O3S+. The Hall–Kier alpha value is -3.33. The first-order valence-corrected chi connectivity index (χ1v) is 11.6. The van der Waals surface area contributed by atoms with Gasteiger partial charge in [0.1, 0.15) is 12.8 Å². The molecule has 0 aliphatic rings. The molecule has 0 bridgehead atoms. The number of carbonyl (C=O) groups is 1.